The largest absolute Gasteiger partial charge is 0.493 e. The maximum Gasteiger partial charge on any atom is 0.416 e. The summed E-state index contributed by atoms with van der Waals surface area (Å²) in [6, 6.07) is 10.0. The van der Waals surface area contributed by atoms with Crippen LogP contribution in [0.1, 0.15) is 21.7 Å². The average molecular weight is 449 g/mol. The Hall–Kier alpha value is -3.33. The van der Waals surface area contributed by atoms with Crippen LogP contribution in [0, 0.1) is 6.92 Å². The molecule has 0 saturated heterocycles. The minimum absolute atomic E-state index is 0.156. The van der Waals surface area contributed by atoms with Crippen LogP contribution in [-0.4, -0.2) is 23.2 Å². The fourth-order valence-electron chi connectivity index (χ4n) is 2.73. The van der Waals surface area contributed by atoms with Crippen LogP contribution in [0.4, 0.5) is 13.2 Å². The number of hydrogen-bond donors (Lipinski definition) is 1. The summed E-state index contributed by atoms with van der Waals surface area (Å²) >= 11 is 1.26. The zero-order valence-electron chi connectivity index (χ0n) is 16.6. The van der Waals surface area contributed by atoms with E-state index in [4.69, 9.17) is 14.6 Å². The monoisotopic (exact) mass is 449 g/mol. The predicted octanol–water partition coefficient (Wildman–Crippen LogP) is 5.82. The van der Waals surface area contributed by atoms with Gasteiger partial charge in [-0.2, -0.15) is 13.2 Å². The summed E-state index contributed by atoms with van der Waals surface area (Å²) < 4.78 is 50.1. The zero-order valence-corrected chi connectivity index (χ0v) is 17.4. The highest BCUT2D eigenvalue weighted by Crippen LogP contribution is 2.35. The van der Waals surface area contributed by atoms with Crippen LogP contribution >= 0.6 is 11.3 Å². The molecule has 0 aliphatic rings. The number of alkyl halides is 3. The van der Waals surface area contributed by atoms with E-state index in [1.54, 1.807) is 31.2 Å². The van der Waals surface area contributed by atoms with E-state index >= 15 is 0 Å². The topological polar surface area (TPSA) is 68.7 Å². The third-order valence-corrected chi connectivity index (χ3v) is 5.47. The number of ether oxygens (including phenoxy) is 2. The lowest BCUT2D eigenvalue weighted by molar-refractivity contribution is -0.137. The van der Waals surface area contributed by atoms with Gasteiger partial charge in [-0.3, -0.25) is 0 Å². The van der Waals surface area contributed by atoms with Gasteiger partial charge < -0.3 is 14.6 Å². The maximum atomic E-state index is 13.0. The van der Waals surface area contributed by atoms with Gasteiger partial charge in [0, 0.05) is 11.6 Å². The van der Waals surface area contributed by atoms with Crippen LogP contribution in [0.2, 0.25) is 0 Å². The van der Waals surface area contributed by atoms with E-state index < -0.39 is 17.7 Å². The van der Waals surface area contributed by atoms with E-state index in [2.05, 4.69) is 4.98 Å². The standard InChI is InChI=1S/C22H18F3NO4S/c1-13-19(31-21(26-13)15-4-3-5-16(11-15)22(23,24)25)12-30-17-8-6-14(7-9-20(27)28)10-18(17)29-2/h3-11H,12H2,1-2H3,(H,27,28)/b9-7+. The molecule has 0 atom stereocenters. The van der Waals surface area contributed by atoms with Gasteiger partial charge >= 0.3 is 12.1 Å². The molecule has 31 heavy (non-hydrogen) atoms. The lowest BCUT2D eigenvalue weighted by Crippen LogP contribution is -2.04. The highest BCUT2D eigenvalue weighted by Gasteiger charge is 2.30. The average Bonchev–Trinajstić information content (AvgIpc) is 3.11. The Kier molecular flexibility index (Phi) is 6.65. The first kappa shape index (κ1) is 22.4. The SMILES string of the molecule is COc1cc(/C=C/C(=O)O)ccc1OCc1sc(-c2cccc(C(F)(F)F)c2)nc1C. The van der Waals surface area contributed by atoms with Crippen molar-refractivity contribution in [1.29, 1.82) is 0 Å². The number of aryl methyl sites for hydroxylation is 1. The van der Waals surface area contributed by atoms with Crippen LogP contribution in [0.3, 0.4) is 0 Å². The quantitative estimate of drug-likeness (QED) is 0.460. The first-order chi connectivity index (χ1) is 14.7. The Labute approximate surface area is 180 Å². The van der Waals surface area contributed by atoms with Gasteiger partial charge in [0.25, 0.3) is 0 Å². The number of halogens is 3. The van der Waals surface area contributed by atoms with Gasteiger partial charge in [0.1, 0.15) is 11.6 Å². The van der Waals surface area contributed by atoms with Gasteiger partial charge in [-0.05, 0) is 42.8 Å². The molecule has 0 spiro atoms. The Balaban J connectivity index is 1.78. The molecule has 0 saturated carbocycles. The first-order valence-electron chi connectivity index (χ1n) is 9.03. The molecule has 3 aromatic rings. The van der Waals surface area contributed by atoms with E-state index in [0.717, 1.165) is 23.1 Å². The van der Waals surface area contributed by atoms with Crippen molar-refractivity contribution in [3.8, 4) is 22.1 Å². The summed E-state index contributed by atoms with van der Waals surface area (Å²) in [7, 11) is 1.47. The molecule has 1 heterocycles. The number of rotatable bonds is 7. The smallest absolute Gasteiger partial charge is 0.416 e. The molecule has 162 valence electrons. The van der Waals surface area contributed by atoms with Crippen molar-refractivity contribution in [2.24, 2.45) is 0 Å². The molecular weight excluding hydrogens is 431 g/mol. The number of methoxy groups -OCH3 is 1. The van der Waals surface area contributed by atoms with Gasteiger partial charge in [-0.15, -0.1) is 11.3 Å². The van der Waals surface area contributed by atoms with E-state index in [1.807, 2.05) is 0 Å². The van der Waals surface area contributed by atoms with Crippen molar-refractivity contribution >= 4 is 23.4 Å². The summed E-state index contributed by atoms with van der Waals surface area (Å²) in [5.41, 5.74) is 0.962. The van der Waals surface area contributed by atoms with Crippen molar-refractivity contribution in [3.63, 3.8) is 0 Å². The molecule has 0 aliphatic carbocycles. The fourth-order valence-corrected chi connectivity index (χ4v) is 3.70. The molecule has 0 aliphatic heterocycles. The second-order valence-electron chi connectivity index (χ2n) is 6.48. The third kappa shape index (κ3) is 5.64. The highest BCUT2D eigenvalue weighted by atomic mass is 32.1. The van der Waals surface area contributed by atoms with Gasteiger partial charge in [-0.25, -0.2) is 9.78 Å². The Morgan fingerprint density at radius 1 is 1.19 bits per heavy atom. The van der Waals surface area contributed by atoms with Crippen LogP contribution in [0.15, 0.2) is 48.5 Å². The molecule has 1 aromatic heterocycles. The molecular formula is C22H18F3NO4S. The Morgan fingerprint density at radius 2 is 1.97 bits per heavy atom. The van der Waals surface area contributed by atoms with E-state index in [0.29, 0.717) is 33.3 Å². The molecule has 0 radical (unpaired) electrons. The second-order valence-corrected chi connectivity index (χ2v) is 7.56. The number of carbonyl (C=O) groups is 1. The van der Waals surface area contributed by atoms with Crippen LogP contribution < -0.4 is 9.47 Å². The molecule has 2 aromatic carbocycles. The van der Waals surface area contributed by atoms with Gasteiger partial charge in [-0.1, -0.05) is 18.2 Å². The van der Waals surface area contributed by atoms with Crippen molar-refractivity contribution in [2.45, 2.75) is 19.7 Å². The highest BCUT2D eigenvalue weighted by molar-refractivity contribution is 7.15. The summed E-state index contributed by atoms with van der Waals surface area (Å²) in [5.74, 6) is -0.187. The summed E-state index contributed by atoms with van der Waals surface area (Å²) in [5, 5.41) is 9.20. The van der Waals surface area contributed by atoms with Crippen molar-refractivity contribution in [1.82, 2.24) is 4.98 Å². The summed E-state index contributed by atoms with van der Waals surface area (Å²) in [4.78, 5) is 15.8. The minimum atomic E-state index is -4.42. The van der Waals surface area contributed by atoms with E-state index in [-0.39, 0.29) is 6.61 Å². The summed E-state index contributed by atoms with van der Waals surface area (Å²) in [6.45, 7) is 1.92. The predicted molar refractivity (Wildman–Crippen MR) is 111 cm³/mol. The number of aromatic nitrogens is 1. The van der Waals surface area contributed by atoms with Crippen molar-refractivity contribution in [3.05, 3.63) is 70.2 Å². The number of benzene rings is 2. The minimum Gasteiger partial charge on any atom is -0.493 e. The zero-order chi connectivity index (χ0) is 22.6. The molecule has 0 amide bonds. The van der Waals surface area contributed by atoms with Gasteiger partial charge in [0.15, 0.2) is 11.5 Å². The lowest BCUT2D eigenvalue weighted by Gasteiger charge is -2.11. The lowest BCUT2D eigenvalue weighted by atomic mass is 10.1. The van der Waals surface area contributed by atoms with E-state index in [1.165, 1.54) is 30.6 Å². The third-order valence-electron chi connectivity index (χ3n) is 4.29. The number of carboxylic acid groups (broad SMARTS) is 1. The number of carboxylic acids is 1. The Morgan fingerprint density at radius 3 is 2.65 bits per heavy atom. The van der Waals surface area contributed by atoms with Gasteiger partial charge in [0.2, 0.25) is 0 Å². The molecule has 0 bridgehead atoms. The molecule has 9 heteroatoms. The van der Waals surface area contributed by atoms with Crippen molar-refractivity contribution in [2.75, 3.05) is 7.11 Å². The van der Waals surface area contributed by atoms with Crippen LogP contribution in [-0.2, 0) is 17.6 Å². The molecule has 0 fully saturated rings. The maximum absolute atomic E-state index is 13.0. The molecule has 0 unspecified atom stereocenters. The van der Waals surface area contributed by atoms with Crippen LogP contribution in [0.25, 0.3) is 16.6 Å². The summed E-state index contributed by atoms with van der Waals surface area (Å²) in [6.07, 6.45) is -1.97. The van der Waals surface area contributed by atoms with Crippen LogP contribution in [0.5, 0.6) is 11.5 Å². The molecule has 5 nitrogen and oxygen atoms in total. The Bertz CT molecular complexity index is 1120. The number of nitrogens with zero attached hydrogens (tertiary/aromatic N) is 1. The normalized spacial score (nSPS) is 11.6. The number of aliphatic carboxylic acids is 1. The second kappa shape index (κ2) is 9.22. The number of thiazole rings is 1. The van der Waals surface area contributed by atoms with Gasteiger partial charge in [0.05, 0.1) is 23.2 Å². The first-order valence-corrected chi connectivity index (χ1v) is 9.85. The van der Waals surface area contributed by atoms with E-state index in [9.17, 15) is 18.0 Å². The fraction of sp³-hybridized carbons (Fsp3) is 0.182. The van der Waals surface area contributed by atoms with Crippen molar-refractivity contribution < 1.29 is 32.5 Å². The molecule has 1 N–H and O–H groups in total. The molecule has 3 rings (SSSR count). The number of hydrogen-bond acceptors (Lipinski definition) is 5.